The molecule has 0 unspecified atom stereocenters. The highest BCUT2D eigenvalue weighted by Gasteiger charge is 2.46. The molecule has 0 aliphatic carbocycles. The second-order valence-electron chi connectivity index (χ2n) is 6.21. The van der Waals surface area contributed by atoms with E-state index in [0.29, 0.717) is 18.3 Å². The third-order valence-electron chi connectivity index (χ3n) is 4.73. The molecule has 3 heterocycles. The summed E-state index contributed by atoms with van der Waals surface area (Å²) in [5, 5.41) is 3.96. The van der Waals surface area contributed by atoms with Gasteiger partial charge in [0.05, 0.1) is 6.54 Å². The summed E-state index contributed by atoms with van der Waals surface area (Å²) in [7, 11) is 0. The molecule has 0 spiro atoms. The average Bonchev–Trinajstić information content (AvgIpc) is 3.27. The van der Waals surface area contributed by atoms with Crippen LogP contribution in [0.25, 0.3) is 11.5 Å². The first-order valence-corrected chi connectivity index (χ1v) is 8.14. The number of carbonyl (C=O) groups is 2. The highest BCUT2D eigenvalue weighted by Crippen LogP contribution is 2.28. The zero-order chi connectivity index (χ0) is 16.7. The summed E-state index contributed by atoms with van der Waals surface area (Å²) in [6.07, 6.45) is 1.61. The van der Waals surface area contributed by atoms with Crippen LogP contribution in [0.1, 0.15) is 25.6 Å². The van der Waals surface area contributed by atoms with Crippen LogP contribution in [0.15, 0.2) is 34.9 Å². The molecule has 24 heavy (non-hydrogen) atoms. The molecule has 0 saturated carbocycles. The Hall–Kier alpha value is -2.70. The van der Waals surface area contributed by atoms with E-state index in [2.05, 4.69) is 10.1 Å². The Morgan fingerprint density at radius 1 is 1.21 bits per heavy atom. The first-order chi connectivity index (χ1) is 11.6. The van der Waals surface area contributed by atoms with Crippen molar-refractivity contribution in [1.29, 1.82) is 0 Å². The molecule has 7 nitrogen and oxygen atoms in total. The number of hydrogen-bond donors (Lipinski definition) is 0. The lowest BCUT2D eigenvalue weighted by Gasteiger charge is -2.40. The van der Waals surface area contributed by atoms with Gasteiger partial charge in [0.1, 0.15) is 12.1 Å². The van der Waals surface area contributed by atoms with Crippen molar-refractivity contribution < 1.29 is 14.1 Å². The molecule has 2 aromatic rings. The lowest BCUT2D eigenvalue weighted by atomic mass is 10.1. The van der Waals surface area contributed by atoms with Crippen LogP contribution in [0, 0.1) is 0 Å². The molecule has 2 saturated heterocycles. The molecule has 0 N–H and O–H groups in total. The minimum Gasteiger partial charge on any atom is -0.334 e. The second kappa shape index (κ2) is 5.74. The van der Waals surface area contributed by atoms with Crippen molar-refractivity contribution in [3.05, 3.63) is 36.2 Å². The van der Waals surface area contributed by atoms with Crippen LogP contribution in [0.4, 0.5) is 0 Å². The Morgan fingerprint density at radius 3 is 2.79 bits per heavy atom. The monoisotopic (exact) mass is 326 g/mol. The topological polar surface area (TPSA) is 79.5 Å². The van der Waals surface area contributed by atoms with Crippen LogP contribution in [0.2, 0.25) is 0 Å². The summed E-state index contributed by atoms with van der Waals surface area (Å²) in [6, 6.07) is 8.64. The standard InChI is InChI=1S/C17H18N4O3/c1-11-16(22)20-9-5-8-13(20)17(23)21(11)10-14-18-15(24-19-14)12-6-3-2-4-7-12/h2-4,6-7,11,13H,5,8-10H2,1H3/t11-,13-/m0/s1. The molecule has 2 aliphatic heterocycles. The van der Waals surface area contributed by atoms with Crippen LogP contribution < -0.4 is 0 Å². The normalized spacial score (nSPS) is 23.7. The number of fused-ring (bicyclic) bond motifs is 1. The number of piperazine rings is 1. The Bertz CT molecular complexity index is 773. The minimum atomic E-state index is -0.495. The van der Waals surface area contributed by atoms with Gasteiger partial charge in [0.25, 0.3) is 5.89 Å². The average molecular weight is 326 g/mol. The number of hydrogen-bond acceptors (Lipinski definition) is 5. The van der Waals surface area contributed by atoms with E-state index in [-0.39, 0.29) is 24.4 Å². The first-order valence-electron chi connectivity index (χ1n) is 8.14. The van der Waals surface area contributed by atoms with Crippen molar-refractivity contribution in [2.24, 2.45) is 0 Å². The molecule has 0 radical (unpaired) electrons. The number of carbonyl (C=O) groups excluding carboxylic acids is 2. The first kappa shape index (κ1) is 14.9. The van der Waals surface area contributed by atoms with Crippen LogP contribution in [-0.2, 0) is 16.1 Å². The Morgan fingerprint density at radius 2 is 2.00 bits per heavy atom. The number of rotatable bonds is 3. The van der Waals surface area contributed by atoms with Gasteiger partial charge < -0.3 is 14.3 Å². The second-order valence-corrected chi connectivity index (χ2v) is 6.21. The molecule has 4 rings (SSSR count). The van der Waals surface area contributed by atoms with Gasteiger partial charge in [0.2, 0.25) is 11.8 Å². The predicted molar refractivity (Wildman–Crippen MR) is 84.5 cm³/mol. The summed E-state index contributed by atoms with van der Waals surface area (Å²) in [6.45, 7) is 2.62. The van der Waals surface area contributed by atoms with E-state index >= 15 is 0 Å². The lowest BCUT2D eigenvalue weighted by Crippen LogP contribution is -2.61. The maximum absolute atomic E-state index is 12.7. The maximum atomic E-state index is 12.7. The fraction of sp³-hybridized carbons (Fsp3) is 0.412. The molecular weight excluding hydrogens is 308 g/mol. The summed E-state index contributed by atoms with van der Waals surface area (Å²) in [4.78, 5) is 32.8. The van der Waals surface area contributed by atoms with Gasteiger partial charge in [0.15, 0.2) is 5.82 Å². The fourth-order valence-electron chi connectivity index (χ4n) is 3.43. The largest absolute Gasteiger partial charge is 0.334 e. The van der Waals surface area contributed by atoms with E-state index in [1.165, 1.54) is 0 Å². The van der Waals surface area contributed by atoms with E-state index in [0.717, 1.165) is 18.4 Å². The Kier molecular flexibility index (Phi) is 3.55. The van der Waals surface area contributed by atoms with E-state index < -0.39 is 6.04 Å². The van der Waals surface area contributed by atoms with Crippen LogP contribution in [0.5, 0.6) is 0 Å². The Labute approximate surface area is 139 Å². The number of aromatic nitrogens is 2. The van der Waals surface area contributed by atoms with Crippen LogP contribution >= 0.6 is 0 Å². The third-order valence-corrected chi connectivity index (χ3v) is 4.73. The third kappa shape index (κ3) is 2.36. The highest BCUT2D eigenvalue weighted by atomic mass is 16.5. The summed E-state index contributed by atoms with van der Waals surface area (Å²) in [5.74, 6) is 0.805. The van der Waals surface area contributed by atoms with E-state index in [4.69, 9.17) is 4.52 Å². The summed E-state index contributed by atoms with van der Waals surface area (Å²) < 4.78 is 5.28. The van der Waals surface area contributed by atoms with E-state index in [1.54, 1.807) is 16.7 Å². The zero-order valence-electron chi connectivity index (χ0n) is 13.4. The van der Waals surface area contributed by atoms with Gasteiger partial charge in [-0.1, -0.05) is 23.4 Å². The van der Waals surface area contributed by atoms with E-state index in [1.807, 2.05) is 30.3 Å². The van der Waals surface area contributed by atoms with Crippen molar-refractivity contribution in [3.8, 4) is 11.5 Å². The molecule has 2 amide bonds. The molecule has 7 heteroatoms. The molecular formula is C17H18N4O3. The zero-order valence-corrected chi connectivity index (χ0v) is 13.4. The lowest BCUT2D eigenvalue weighted by molar-refractivity contribution is -0.159. The molecule has 2 atom stereocenters. The molecule has 2 fully saturated rings. The van der Waals surface area contributed by atoms with Crippen molar-refractivity contribution in [2.75, 3.05) is 6.54 Å². The molecule has 124 valence electrons. The van der Waals surface area contributed by atoms with Gasteiger partial charge in [0, 0.05) is 12.1 Å². The van der Waals surface area contributed by atoms with E-state index in [9.17, 15) is 9.59 Å². The van der Waals surface area contributed by atoms with Crippen LogP contribution in [0.3, 0.4) is 0 Å². The SMILES string of the molecule is C[C@H]1C(=O)N2CCC[C@H]2C(=O)N1Cc1noc(-c2ccccc2)n1. The van der Waals surface area contributed by atoms with Gasteiger partial charge in [-0.2, -0.15) is 4.98 Å². The van der Waals surface area contributed by atoms with Crippen molar-refractivity contribution in [2.45, 2.75) is 38.4 Å². The maximum Gasteiger partial charge on any atom is 0.257 e. The highest BCUT2D eigenvalue weighted by molar-refractivity contribution is 5.97. The van der Waals surface area contributed by atoms with Gasteiger partial charge in [-0.3, -0.25) is 9.59 Å². The van der Waals surface area contributed by atoms with Crippen molar-refractivity contribution in [3.63, 3.8) is 0 Å². The predicted octanol–water partition coefficient (Wildman–Crippen LogP) is 1.46. The van der Waals surface area contributed by atoms with Crippen molar-refractivity contribution in [1.82, 2.24) is 19.9 Å². The van der Waals surface area contributed by atoms with Gasteiger partial charge in [-0.15, -0.1) is 0 Å². The van der Waals surface area contributed by atoms with Crippen LogP contribution in [-0.4, -0.2) is 50.4 Å². The van der Waals surface area contributed by atoms with Crippen molar-refractivity contribution >= 4 is 11.8 Å². The minimum absolute atomic E-state index is 0.00359. The smallest absolute Gasteiger partial charge is 0.257 e. The molecule has 0 bridgehead atoms. The summed E-state index contributed by atoms with van der Waals surface area (Å²) >= 11 is 0. The number of nitrogens with zero attached hydrogens (tertiary/aromatic N) is 4. The summed E-state index contributed by atoms with van der Waals surface area (Å²) in [5.41, 5.74) is 0.826. The molecule has 2 aliphatic rings. The Balaban J connectivity index is 1.55. The molecule has 1 aromatic heterocycles. The van der Waals surface area contributed by atoms with Gasteiger partial charge in [-0.05, 0) is 31.9 Å². The quantitative estimate of drug-likeness (QED) is 0.853. The fourth-order valence-corrected chi connectivity index (χ4v) is 3.43. The number of benzene rings is 1. The number of amides is 2. The van der Waals surface area contributed by atoms with Gasteiger partial charge in [-0.25, -0.2) is 0 Å². The van der Waals surface area contributed by atoms with Gasteiger partial charge >= 0.3 is 0 Å². The molecule has 1 aromatic carbocycles.